The van der Waals surface area contributed by atoms with Crippen LogP contribution in [0.5, 0.6) is 0 Å². The fourth-order valence-electron chi connectivity index (χ4n) is 2.70. The second kappa shape index (κ2) is 5.75. The minimum absolute atomic E-state index is 0.00909. The maximum Gasteiger partial charge on any atom is 0.269 e. The number of quaternary nitrogens is 1. The second-order valence-corrected chi connectivity index (χ2v) is 6.01. The zero-order valence-electron chi connectivity index (χ0n) is 11.0. The molecule has 1 aromatic rings. The molecule has 1 aromatic carbocycles. The summed E-state index contributed by atoms with van der Waals surface area (Å²) in [6, 6.07) is 9.51. The van der Waals surface area contributed by atoms with Gasteiger partial charge < -0.3 is 0 Å². The van der Waals surface area contributed by atoms with Gasteiger partial charge in [0.2, 0.25) is 0 Å². The highest BCUT2D eigenvalue weighted by atomic mass is 35.7. The average molecular weight is 289 g/mol. The second-order valence-electron chi connectivity index (χ2n) is 5.11. The number of halogens is 1. The van der Waals surface area contributed by atoms with Crippen LogP contribution in [0.2, 0.25) is 0 Å². The lowest BCUT2D eigenvalue weighted by Crippen LogP contribution is -2.70. The van der Waals surface area contributed by atoms with E-state index in [0.717, 1.165) is 24.8 Å². The average Bonchev–Trinajstić information content (AvgIpc) is 2.32. The summed E-state index contributed by atoms with van der Waals surface area (Å²) in [7, 11) is -4.42. The highest BCUT2D eigenvalue weighted by molar-refractivity contribution is 5.13. The highest BCUT2D eigenvalue weighted by Gasteiger charge is 2.51. The van der Waals surface area contributed by atoms with E-state index in [4.69, 9.17) is 4.39 Å². The minimum atomic E-state index is -4.42. The Hall–Kier alpha value is -0.690. The molecular formula is C13H19ClNO4+. The molecule has 0 N–H and O–H groups in total. The highest BCUT2D eigenvalue weighted by Crippen LogP contribution is 2.30. The van der Waals surface area contributed by atoms with Gasteiger partial charge in [0.05, 0.1) is 0 Å². The molecule has 0 aliphatic carbocycles. The molecule has 106 valence electrons. The summed E-state index contributed by atoms with van der Waals surface area (Å²) in [6.45, 7) is 2.88. The number of hydroxylamine groups is 3. The largest absolute Gasteiger partial charge is 0.269 e. The fraction of sp³-hybridized carbons (Fsp3) is 0.538. The molecule has 6 heteroatoms. The molecule has 1 heterocycles. The zero-order chi connectivity index (χ0) is 13.9. The summed E-state index contributed by atoms with van der Waals surface area (Å²) >= 11 is 0. The van der Waals surface area contributed by atoms with Crippen LogP contribution in [-0.2, 0) is 10.9 Å². The topological polar surface area (TPSA) is 78.4 Å². The number of hydrogen-bond donors (Lipinski definition) is 0. The monoisotopic (exact) mass is 288 g/mol. The standard InChI is InChI=1S/C13H19ClNO4/c1-12-7-5-6-10-15(12,19-14(16,17)18)11-13-8-3-2-4-9-13/h2-4,8-9,12H,5-7,10-11H2,1H3/q+1. The lowest BCUT2D eigenvalue weighted by atomic mass is 10.0. The van der Waals surface area contributed by atoms with E-state index >= 15 is 0 Å². The Morgan fingerprint density at radius 3 is 2.47 bits per heavy atom. The minimum Gasteiger partial charge on any atom is -0.177 e. The predicted molar refractivity (Wildman–Crippen MR) is 59.7 cm³/mol. The Labute approximate surface area is 115 Å². The van der Waals surface area contributed by atoms with Crippen LogP contribution in [0.1, 0.15) is 31.7 Å². The molecule has 2 rings (SSSR count). The molecule has 1 aliphatic rings. The van der Waals surface area contributed by atoms with Crippen LogP contribution in [0, 0.1) is 10.2 Å². The van der Waals surface area contributed by atoms with Crippen molar-refractivity contribution in [2.24, 2.45) is 0 Å². The van der Waals surface area contributed by atoms with Gasteiger partial charge in [-0.15, -0.1) is 0 Å². The summed E-state index contributed by atoms with van der Waals surface area (Å²) < 4.78 is 37.8. The van der Waals surface area contributed by atoms with E-state index in [0.29, 0.717) is 13.1 Å². The molecule has 2 unspecified atom stereocenters. The van der Waals surface area contributed by atoms with Gasteiger partial charge in [-0.3, -0.25) is 0 Å². The first-order chi connectivity index (χ1) is 8.91. The van der Waals surface area contributed by atoms with Crippen LogP contribution in [-0.4, -0.2) is 17.2 Å². The lowest BCUT2D eigenvalue weighted by Gasteiger charge is -2.37. The van der Waals surface area contributed by atoms with E-state index in [1.807, 2.05) is 37.3 Å². The predicted octanol–water partition coefficient (Wildman–Crippen LogP) is -0.595. The van der Waals surface area contributed by atoms with E-state index in [1.54, 1.807) is 0 Å². The number of likely N-dealkylation sites (tertiary alicyclic amines) is 1. The number of rotatable bonds is 4. The van der Waals surface area contributed by atoms with E-state index in [9.17, 15) is 14.0 Å². The number of nitrogens with zero attached hydrogens (tertiary/aromatic N) is 1. The van der Waals surface area contributed by atoms with Crippen molar-refractivity contribution in [1.29, 1.82) is 0 Å². The number of hydrogen-bond acceptors (Lipinski definition) is 4. The molecule has 1 fully saturated rings. The summed E-state index contributed by atoms with van der Waals surface area (Å²) in [4.78, 5) is 0. The molecule has 0 bridgehead atoms. The van der Waals surface area contributed by atoms with Crippen LogP contribution in [0.3, 0.4) is 0 Å². The Balaban J connectivity index is 2.23. The third-order valence-corrected chi connectivity index (χ3v) is 4.17. The van der Waals surface area contributed by atoms with Gasteiger partial charge in [0.1, 0.15) is 29.4 Å². The smallest absolute Gasteiger partial charge is 0.177 e. The first-order valence-electron chi connectivity index (χ1n) is 6.44. The number of piperidine rings is 1. The van der Waals surface area contributed by atoms with Gasteiger partial charge in [-0.05, 0) is 18.0 Å². The van der Waals surface area contributed by atoms with Gasteiger partial charge in [0.25, 0.3) is 4.39 Å². The Bertz CT molecular complexity index is 409. The van der Waals surface area contributed by atoms with Gasteiger partial charge >= 0.3 is 0 Å². The lowest BCUT2D eigenvalue weighted by molar-refractivity contribution is -1.95. The van der Waals surface area contributed by atoms with Gasteiger partial charge in [0, 0.05) is 18.4 Å². The first-order valence-corrected chi connectivity index (χ1v) is 7.67. The van der Waals surface area contributed by atoms with Crippen molar-refractivity contribution in [2.45, 2.75) is 38.8 Å². The van der Waals surface area contributed by atoms with Gasteiger partial charge in [-0.25, -0.2) is 0 Å². The van der Waals surface area contributed by atoms with Crippen molar-refractivity contribution < 1.29 is 33.3 Å². The molecule has 0 aromatic heterocycles. The molecule has 2 atom stereocenters. The molecular weight excluding hydrogens is 270 g/mol. The fourth-order valence-corrected chi connectivity index (χ4v) is 3.29. The molecule has 0 spiro atoms. The molecule has 0 amide bonds. The summed E-state index contributed by atoms with van der Waals surface area (Å²) in [5.41, 5.74) is 0.968. The summed E-state index contributed by atoms with van der Waals surface area (Å²) in [6.07, 6.45) is 2.76. The molecule has 1 aliphatic heterocycles. The van der Waals surface area contributed by atoms with Crippen molar-refractivity contribution in [3.05, 3.63) is 35.9 Å². The Morgan fingerprint density at radius 1 is 1.21 bits per heavy atom. The Kier molecular flexibility index (Phi) is 4.45. The summed E-state index contributed by atoms with van der Waals surface area (Å²) in [5.74, 6) is 0. The quantitative estimate of drug-likeness (QED) is 0.694. The first kappa shape index (κ1) is 14.7. The molecule has 0 saturated carbocycles. The SMILES string of the molecule is CC1CCCC[N+]1(Cc1ccccc1)O[Cl+3]([O-])([O-])[O-]. The van der Waals surface area contributed by atoms with Crippen molar-refractivity contribution in [3.63, 3.8) is 0 Å². The van der Waals surface area contributed by atoms with Crippen LogP contribution < -0.4 is 14.0 Å². The maximum atomic E-state index is 11.0. The van der Waals surface area contributed by atoms with E-state index in [2.05, 4.69) is 0 Å². The zero-order valence-corrected chi connectivity index (χ0v) is 11.7. The van der Waals surface area contributed by atoms with E-state index < -0.39 is 10.2 Å². The molecule has 1 saturated heterocycles. The normalized spacial score (nSPS) is 28.3. The van der Waals surface area contributed by atoms with Crippen LogP contribution in [0.4, 0.5) is 0 Å². The summed E-state index contributed by atoms with van der Waals surface area (Å²) in [5, 5.41) is 0. The maximum absolute atomic E-state index is 11.0. The van der Waals surface area contributed by atoms with Crippen LogP contribution in [0.15, 0.2) is 30.3 Å². The number of benzene rings is 1. The van der Waals surface area contributed by atoms with Gasteiger partial charge in [-0.1, -0.05) is 30.3 Å². The third kappa shape index (κ3) is 3.89. The van der Waals surface area contributed by atoms with E-state index in [-0.39, 0.29) is 10.7 Å². The van der Waals surface area contributed by atoms with Gasteiger partial charge in [0.15, 0.2) is 0 Å². The Morgan fingerprint density at radius 2 is 1.89 bits per heavy atom. The molecule has 0 radical (unpaired) electrons. The third-order valence-electron chi connectivity index (χ3n) is 3.73. The van der Waals surface area contributed by atoms with Crippen molar-refractivity contribution >= 4 is 0 Å². The van der Waals surface area contributed by atoms with Gasteiger partial charge in [-0.2, -0.15) is 14.0 Å². The van der Waals surface area contributed by atoms with Crippen LogP contribution >= 0.6 is 0 Å². The molecule has 5 nitrogen and oxygen atoms in total. The van der Waals surface area contributed by atoms with Crippen molar-refractivity contribution in [3.8, 4) is 0 Å². The van der Waals surface area contributed by atoms with E-state index in [1.165, 1.54) is 0 Å². The van der Waals surface area contributed by atoms with Crippen molar-refractivity contribution in [2.75, 3.05) is 6.54 Å². The molecule has 19 heavy (non-hydrogen) atoms. The van der Waals surface area contributed by atoms with Crippen LogP contribution in [0.25, 0.3) is 0 Å². The van der Waals surface area contributed by atoms with Crippen molar-refractivity contribution in [1.82, 2.24) is 0 Å².